The Morgan fingerprint density at radius 2 is 2.17 bits per heavy atom. The lowest BCUT2D eigenvalue weighted by Gasteiger charge is -2.16. The van der Waals surface area contributed by atoms with Crippen LogP contribution in [0.4, 0.5) is 5.69 Å². The summed E-state index contributed by atoms with van der Waals surface area (Å²) >= 11 is 10.9. The van der Waals surface area contributed by atoms with Gasteiger partial charge in [-0.25, -0.2) is 0 Å². The van der Waals surface area contributed by atoms with Crippen LogP contribution in [0.25, 0.3) is 0 Å². The van der Waals surface area contributed by atoms with E-state index in [-0.39, 0.29) is 30.9 Å². The van der Waals surface area contributed by atoms with Gasteiger partial charge in [-0.3, -0.25) is 9.59 Å². The minimum Gasteiger partial charge on any atom is -0.469 e. The lowest BCUT2D eigenvalue weighted by Crippen LogP contribution is -2.32. The van der Waals surface area contributed by atoms with Gasteiger partial charge < -0.3 is 15.4 Å². The molecule has 0 aliphatic carbocycles. The molecule has 0 bridgehead atoms. The third-order valence-corrected chi connectivity index (χ3v) is 4.99. The molecule has 1 amide bonds. The summed E-state index contributed by atoms with van der Waals surface area (Å²) in [6.45, 7) is 0.0476. The second-order valence-electron chi connectivity index (χ2n) is 4.90. The predicted octanol–water partition coefficient (Wildman–Crippen LogP) is 4.00. The van der Waals surface area contributed by atoms with Gasteiger partial charge in [-0.1, -0.05) is 33.6 Å². The first-order valence-electron chi connectivity index (χ1n) is 7.08. The zero-order chi connectivity index (χ0) is 17.5. The number of benzene rings is 1. The SMILES string of the molecule is COC(=O)C[C@H](NCC(=O)Nc1ccc(Br)cc1Cl)c1cccs1. The van der Waals surface area contributed by atoms with E-state index in [9.17, 15) is 9.59 Å². The largest absolute Gasteiger partial charge is 0.469 e. The van der Waals surface area contributed by atoms with Crippen LogP contribution in [0.1, 0.15) is 17.3 Å². The van der Waals surface area contributed by atoms with Crippen molar-refractivity contribution < 1.29 is 14.3 Å². The van der Waals surface area contributed by atoms with Crippen molar-refractivity contribution in [3.63, 3.8) is 0 Å². The molecule has 0 spiro atoms. The Balaban J connectivity index is 1.95. The predicted molar refractivity (Wildman–Crippen MR) is 99.5 cm³/mol. The molecule has 0 radical (unpaired) electrons. The molecule has 2 rings (SSSR count). The number of carbonyl (C=O) groups excluding carboxylic acids is 2. The molecule has 0 aliphatic rings. The van der Waals surface area contributed by atoms with Crippen molar-refractivity contribution in [3.8, 4) is 0 Å². The zero-order valence-electron chi connectivity index (χ0n) is 12.8. The molecule has 0 aliphatic heterocycles. The van der Waals surface area contributed by atoms with Crippen molar-refractivity contribution in [2.24, 2.45) is 0 Å². The number of rotatable bonds is 7. The van der Waals surface area contributed by atoms with Gasteiger partial charge in [-0.05, 0) is 29.6 Å². The van der Waals surface area contributed by atoms with Crippen LogP contribution in [-0.4, -0.2) is 25.5 Å². The van der Waals surface area contributed by atoms with Gasteiger partial charge in [0.1, 0.15) is 0 Å². The second kappa shape index (κ2) is 9.17. The Morgan fingerprint density at radius 1 is 1.38 bits per heavy atom. The summed E-state index contributed by atoms with van der Waals surface area (Å²) in [4.78, 5) is 24.6. The third-order valence-electron chi connectivity index (χ3n) is 3.20. The highest BCUT2D eigenvalue weighted by molar-refractivity contribution is 9.10. The molecular weight excluding hydrogens is 416 g/mol. The number of carbonyl (C=O) groups is 2. The summed E-state index contributed by atoms with van der Waals surface area (Å²) in [6.07, 6.45) is 0.156. The molecule has 128 valence electrons. The van der Waals surface area contributed by atoms with E-state index < -0.39 is 0 Å². The first-order chi connectivity index (χ1) is 11.5. The van der Waals surface area contributed by atoms with Crippen molar-refractivity contribution in [2.45, 2.75) is 12.5 Å². The molecule has 5 nitrogen and oxygen atoms in total. The lowest BCUT2D eigenvalue weighted by molar-refractivity contribution is -0.141. The minimum atomic E-state index is -0.336. The molecule has 8 heteroatoms. The topological polar surface area (TPSA) is 67.4 Å². The van der Waals surface area contributed by atoms with E-state index in [0.29, 0.717) is 10.7 Å². The molecule has 24 heavy (non-hydrogen) atoms. The van der Waals surface area contributed by atoms with Gasteiger partial charge in [0.25, 0.3) is 0 Å². The maximum atomic E-state index is 12.1. The van der Waals surface area contributed by atoms with Crippen LogP contribution in [0.3, 0.4) is 0 Å². The van der Waals surface area contributed by atoms with Gasteiger partial charge in [0.2, 0.25) is 5.91 Å². The number of thiophene rings is 1. The molecule has 0 saturated heterocycles. The van der Waals surface area contributed by atoms with E-state index in [1.54, 1.807) is 18.2 Å². The summed E-state index contributed by atoms with van der Waals surface area (Å²) < 4.78 is 5.54. The van der Waals surface area contributed by atoms with E-state index in [4.69, 9.17) is 16.3 Å². The Bertz CT molecular complexity index is 709. The van der Waals surface area contributed by atoms with E-state index in [1.807, 2.05) is 17.5 Å². The highest BCUT2D eigenvalue weighted by Crippen LogP contribution is 2.26. The number of hydrogen-bond acceptors (Lipinski definition) is 5. The van der Waals surface area contributed by atoms with Crippen LogP contribution >= 0.6 is 38.9 Å². The number of amides is 1. The Morgan fingerprint density at radius 3 is 2.79 bits per heavy atom. The Kier molecular flexibility index (Phi) is 7.23. The molecule has 1 heterocycles. The molecule has 2 aromatic rings. The minimum absolute atomic E-state index is 0.0476. The number of halogens is 2. The average molecular weight is 432 g/mol. The standard InChI is InChI=1S/C16H16BrClN2O3S/c1-23-16(22)8-13(14-3-2-6-24-14)19-9-15(21)20-12-5-4-10(17)7-11(12)18/h2-7,13,19H,8-9H2,1H3,(H,20,21)/t13-/m0/s1. The highest BCUT2D eigenvalue weighted by Gasteiger charge is 2.18. The van der Waals surface area contributed by atoms with E-state index in [0.717, 1.165) is 9.35 Å². The number of methoxy groups -OCH3 is 1. The van der Waals surface area contributed by atoms with Crippen molar-refractivity contribution in [2.75, 3.05) is 19.0 Å². The van der Waals surface area contributed by atoms with Gasteiger partial charge in [-0.15, -0.1) is 11.3 Å². The molecule has 1 atom stereocenters. The van der Waals surface area contributed by atoms with Crippen LogP contribution < -0.4 is 10.6 Å². The molecule has 0 saturated carbocycles. The molecule has 1 aromatic carbocycles. The van der Waals surface area contributed by atoms with Crippen LogP contribution in [0.15, 0.2) is 40.2 Å². The monoisotopic (exact) mass is 430 g/mol. The summed E-state index contributed by atoms with van der Waals surface area (Å²) in [5.74, 6) is -0.581. The molecule has 1 aromatic heterocycles. The smallest absolute Gasteiger partial charge is 0.307 e. The van der Waals surface area contributed by atoms with Crippen molar-refractivity contribution in [1.82, 2.24) is 5.32 Å². The number of ether oxygens (including phenoxy) is 1. The summed E-state index contributed by atoms with van der Waals surface area (Å²) in [6, 6.07) is 8.75. The highest BCUT2D eigenvalue weighted by atomic mass is 79.9. The maximum Gasteiger partial charge on any atom is 0.307 e. The van der Waals surface area contributed by atoms with E-state index >= 15 is 0 Å². The molecule has 0 unspecified atom stereocenters. The first kappa shape index (κ1) is 18.9. The number of hydrogen-bond donors (Lipinski definition) is 2. The Labute approximate surface area is 157 Å². The second-order valence-corrected chi connectivity index (χ2v) is 7.20. The van der Waals surface area contributed by atoms with E-state index in [1.165, 1.54) is 18.4 Å². The van der Waals surface area contributed by atoms with Gasteiger partial charge in [0, 0.05) is 9.35 Å². The summed E-state index contributed by atoms with van der Waals surface area (Å²) in [5.41, 5.74) is 0.535. The van der Waals surface area contributed by atoms with Crippen molar-refractivity contribution in [3.05, 3.63) is 50.1 Å². The normalized spacial score (nSPS) is 11.8. The quantitative estimate of drug-likeness (QED) is 0.650. The fraction of sp³-hybridized carbons (Fsp3) is 0.250. The summed E-state index contributed by atoms with van der Waals surface area (Å²) in [7, 11) is 1.34. The van der Waals surface area contributed by atoms with Gasteiger partial charge in [-0.2, -0.15) is 0 Å². The number of anilines is 1. The van der Waals surface area contributed by atoms with Crippen molar-refractivity contribution in [1.29, 1.82) is 0 Å². The van der Waals surface area contributed by atoms with E-state index in [2.05, 4.69) is 26.6 Å². The third kappa shape index (κ3) is 5.59. The fourth-order valence-electron chi connectivity index (χ4n) is 2.01. The molecule has 0 fully saturated rings. The van der Waals surface area contributed by atoms with Crippen LogP contribution in [0.5, 0.6) is 0 Å². The zero-order valence-corrected chi connectivity index (χ0v) is 16.0. The van der Waals surface area contributed by atoms with Crippen LogP contribution in [0, 0.1) is 0 Å². The van der Waals surface area contributed by atoms with Crippen LogP contribution in [-0.2, 0) is 14.3 Å². The molecular formula is C16H16BrClN2O3S. The maximum absolute atomic E-state index is 12.1. The number of esters is 1. The fourth-order valence-corrected chi connectivity index (χ4v) is 3.54. The molecule has 2 N–H and O–H groups in total. The average Bonchev–Trinajstić information content (AvgIpc) is 3.08. The van der Waals surface area contributed by atoms with Crippen LogP contribution in [0.2, 0.25) is 5.02 Å². The van der Waals surface area contributed by atoms with Gasteiger partial charge >= 0.3 is 5.97 Å². The lowest BCUT2D eigenvalue weighted by atomic mass is 10.1. The number of nitrogens with one attached hydrogen (secondary N) is 2. The summed E-state index contributed by atoms with van der Waals surface area (Å²) in [5, 5.41) is 8.19. The van der Waals surface area contributed by atoms with Gasteiger partial charge in [0.15, 0.2) is 0 Å². The van der Waals surface area contributed by atoms with Gasteiger partial charge in [0.05, 0.1) is 36.8 Å². The Hall–Kier alpha value is -1.41. The first-order valence-corrected chi connectivity index (χ1v) is 9.13. The van der Waals surface area contributed by atoms with Crippen molar-refractivity contribution >= 4 is 56.4 Å².